The van der Waals surface area contributed by atoms with Crippen LogP contribution in [-0.4, -0.2) is 49.4 Å². The van der Waals surface area contributed by atoms with E-state index in [1.165, 1.54) is 32.4 Å². The highest BCUT2D eigenvalue weighted by Gasteiger charge is 2.46. The van der Waals surface area contributed by atoms with Crippen LogP contribution in [0.15, 0.2) is 42.5 Å². The molecule has 5 amide bonds. The molecule has 0 unspecified atom stereocenters. The minimum absolute atomic E-state index is 0.188. The Morgan fingerprint density at radius 1 is 1.00 bits per heavy atom. The first-order chi connectivity index (χ1) is 13.8. The lowest BCUT2D eigenvalue weighted by Gasteiger charge is -2.16. The van der Waals surface area contributed by atoms with E-state index in [1.807, 2.05) is 0 Å². The Hall–Kier alpha value is -3.59. The van der Waals surface area contributed by atoms with Gasteiger partial charge in [-0.05, 0) is 42.5 Å². The Bertz CT molecular complexity index is 992. The number of nitrogens with zero attached hydrogens (tertiary/aromatic N) is 2. The molecule has 0 radical (unpaired) electrons. The van der Waals surface area contributed by atoms with Crippen LogP contribution in [0, 0.1) is 0 Å². The van der Waals surface area contributed by atoms with E-state index >= 15 is 0 Å². The molecule has 1 heterocycles. The molecule has 2 aromatic rings. The van der Waals surface area contributed by atoms with E-state index in [0.717, 1.165) is 0 Å². The second kappa shape index (κ2) is 8.19. The molecule has 1 fully saturated rings. The average molecular weight is 418 g/mol. The Balaban J connectivity index is 1.76. The van der Waals surface area contributed by atoms with Crippen LogP contribution in [-0.2, 0) is 14.4 Å². The van der Waals surface area contributed by atoms with Crippen molar-refractivity contribution in [3.05, 3.63) is 47.5 Å². The lowest BCUT2D eigenvalue weighted by molar-refractivity contribution is -0.140. The van der Waals surface area contributed by atoms with Gasteiger partial charge in [-0.25, -0.2) is 14.6 Å². The number of hydrogen-bond acceptors (Lipinski definition) is 6. The van der Waals surface area contributed by atoms with Crippen LogP contribution in [0.2, 0.25) is 5.02 Å². The maximum Gasteiger partial charge on any atom is 0.339 e. The third kappa shape index (κ3) is 3.99. The van der Waals surface area contributed by atoms with Crippen molar-refractivity contribution in [2.24, 2.45) is 0 Å². The number of methoxy groups -OCH3 is 2. The van der Waals surface area contributed by atoms with E-state index in [0.29, 0.717) is 26.3 Å². The van der Waals surface area contributed by atoms with Gasteiger partial charge in [0.15, 0.2) is 0 Å². The monoisotopic (exact) mass is 417 g/mol. The molecule has 0 saturated carbocycles. The van der Waals surface area contributed by atoms with Gasteiger partial charge in [-0.1, -0.05) is 11.6 Å². The Morgan fingerprint density at radius 2 is 1.69 bits per heavy atom. The smallest absolute Gasteiger partial charge is 0.339 e. The predicted molar refractivity (Wildman–Crippen MR) is 104 cm³/mol. The summed E-state index contributed by atoms with van der Waals surface area (Å²) in [6.07, 6.45) is 0. The first kappa shape index (κ1) is 20.2. The van der Waals surface area contributed by atoms with E-state index in [1.54, 1.807) is 24.3 Å². The highest BCUT2D eigenvalue weighted by Crippen LogP contribution is 2.28. The van der Waals surface area contributed by atoms with Gasteiger partial charge in [0.1, 0.15) is 18.0 Å². The fraction of sp³-hybridized carbons (Fsp3) is 0.158. The van der Waals surface area contributed by atoms with Gasteiger partial charge in [-0.15, -0.1) is 0 Å². The average Bonchev–Trinajstić information content (AvgIpc) is 2.91. The molecule has 10 heteroatoms. The van der Waals surface area contributed by atoms with Crippen LogP contribution in [0.4, 0.5) is 16.2 Å². The zero-order valence-electron chi connectivity index (χ0n) is 15.5. The number of rotatable bonds is 6. The second-order valence-electron chi connectivity index (χ2n) is 5.91. The number of carbonyl (C=O) groups is 4. The third-order valence-electron chi connectivity index (χ3n) is 4.12. The molecule has 0 spiro atoms. The minimum Gasteiger partial charge on any atom is -0.497 e. The largest absolute Gasteiger partial charge is 0.497 e. The maximum absolute atomic E-state index is 12.6. The summed E-state index contributed by atoms with van der Waals surface area (Å²) in [5.41, 5.74) is 0.455. The number of imide groups is 2. The molecule has 2 aromatic carbocycles. The van der Waals surface area contributed by atoms with E-state index in [-0.39, 0.29) is 11.4 Å². The van der Waals surface area contributed by atoms with Gasteiger partial charge < -0.3 is 14.8 Å². The van der Waals surface area contributed by atoms with Gasteiger partial charge in [0.05, 0.1) is 25.6 Å². The molecule has 0 aliphatic carbocycles. The molecule has 150 valence electrons. The van der Waals surface area contributed by atoms with Gasteiger partial charge in [-0.2, -0.15) is 0 Å². The standard InChI is InChI=1S/C19H16ClN3O6/c1-28-13-6-4-12(5-7-13)23-18(26)17(25)22(19(23)27)10-16(24)21-14-9-11(20)3-8-15(14)29-2/h3-9H,10H2,1-2H3,(H,21,24). The molecule has 9 nitrogen and oxygen atoms in total. The van der Waals surface area contributed by atoms with Crippen molar-refractivity contribution in [2.75, 3.05) is 31.0 Å². The number of ether oxygens (including phenoxy) is 2. The second-order valence-corrected chi connectivity index (χ2v) is 6.34. The molecule has 0 aromatic heterocycles. The summed E-state index contributed by atoms with van der Waals surface area (Å²) >= 11 is 5.92. The van der Waals surface area contributed by atoms with Crippen molar-refractivity contribution in [2.45, 2.75) is 0 Å². The molecule has 1 N–H and O–H groups in total. The topological polar surface area (TPSA) is 105 Å². The highest BCUT2D eigenvalue weighted by atomic mass is 35.5. The molecular formula is C19H16ClN3O6. The fourth-order valence-corrected chi connectivity index (χ4v) is 2.89. The molecule has 1 aliphatic heterocycles. The third-order valence-corrected chi connectivity index (χ3v) is 4.36. The van der Waals surface area contributed by atoms with Crippen LogP contribution >= 0.6 is 11.6 Å². The van der Waals surface area contributed by atoms with Crippen molar-refractivity contribution in [1.82, 2.24) is 4.90 Å². The molecule has 1 saturated heterocycles. The number of benzene rings is 2. The van der Waals surface area contributed by atoms with Gasteiger partial charge in [0.2, 0.25) is 5.91 Å². The number of amides is 5. The molecule has 1 aliphatic rings. The van der Waals surface area contributed by atoms with Gasteiger partial charge in [-0.3, -0.25) is 14.4 Å². The summed E-state index contributed by atoms with van der Waals surface area (Å²) in [5, 5.41) is 2.87. The predicted octanol–water partition coefficient (Wildman–Crippen LogP) is 2.29. The van der Waals surface area contributed by atoms with Crippen LogP contribution in [0.3, 0.4) is 0 Å². The summed E-state index contributed by atoms with van der Waals surface area (Å²) in [4.78, 5) is 50.8. The first-order valence-corrected chi connectivity index (χ1v) is 8.71. The van der Waals surface area contributed by atoms with Crippen molar-refractivity contribution in [3.8, 4) is 11.5 Å². The van der Waals surface area contributed by atoms with Gasteiger partial charge in [0.25, 0.3) is 0 Å². The van der Waals surface area contributed by atoms with E-state index in [2.05, 4.69) is 5.32 Å². The van der Waals surface area contributed by atoms with Crippen LogP contribution in [0.25, 0.3) is 0 Å². The zero-order chi connectivity index (χ0) is 21.1. The van der Waals surface area contributed by atoms with Crippen molar-refractivity contribution in [3.63, 3.8) is 0 Å². The summed E-state index contributed by atoms with van der Waals surface area (Å²) in [6, 6.07) is 9.68. The summed E-state index contributed by atoms with van der Waals surface area (Å²) in [5.74, 6) is -1.98. The molecule has 3 rings (SSSR count). The van der Waals surface area contributed by atoms with Crippen LogP contribution in [0.5, 0.6) is 11.5 Å². The van der Waals surface area contributed by atoms with E-state index < -0.39 is 30.3 Å². The number of carbonyl (C=O) groups excluding carboxylic acids is 4. The quantitative estimate of drug-likeness (QED) is 0.571. The number of hydrogen-bond donors (Lipinski definition) is 1. The maximum atomic E-state index is 12.6. The minimum atomic E-state index is -1.10. The zero-order valence-corrected chi connectivity index (χ0v) is 16.2. The SMILES string of the molecule is COc1ccc(N2C(=O)C(=O)N(CC(=O)Nc3cc(Cl)ccc3OC)C2=O)cc1. The van der Waals surface area contributed by atoms with Crippen LogP contribution in [0.1, 0.15) is 0 Å². The molecule has 29 heavy (non-hydrogen) atoms. The summed E-state index contributed by atoms with van der Waals surface area (Å²) < 4.78 is 10.2. The molecule has 0 atom stereocenters. The lowest BCUT2D eigenvalue weighted by Crippen LogP contribution is -2.39. The number of halogens is 1. The van der Waals surface area contributed by atoms with Crippen LogP contribution < -0.4 is 19.7 Å². The van der Waals surface area contributed by atoms with Crippen molar-refractivity contribution in [1.29, 1.82) is 0 Å². The molecular weight excluding hydrogens is 402 g/mol. The highest BCUT2D eigenvalue weighted by molar-refractivity contribution is 6.53. The normalized spacial score (nSPS) is 13.7. The first-order valence-electron chi connectivity index (χ1n) is 8.33. The van der Waals surface area contributed by atoms with E-state index in [4.69, 9.17) is 21.1 Å². The number of urea groups is 1. The van der Waals surface area contributed by atoms with Gasteiger partial charge >= 0.3 is 17.8 Å². The number of anilines is 2. The Morgan fingerprint density at radius 3 is 2.31 bits per heavy atom. The van der Waals surface area contributed by atoms with Crippen molar-refractivity contribution >= 4 is 46.7 Å². The van der Waals surface area contributed by atoms with E-state index in [9.17, 15) is 19.2 Å². The Labute approximate surface area is 170 Å². The van der Waals surface area contributed by atoms with Gasteiger partial charge in [0, 0.05) is 5.02 Å². The summed E-state index contributed by atoms with van der Waals surface area (Å²) in [7, 11) is 2.89. The molecule has 0 bridgehead atoms. The van der Waals surface area contributed by atoms with Crippen molar-refractivity contribution < 1.29 is 28.7 Å². The fourth-order valence-electron chi connectivity index (χ4n) is 2.72. The summed E-state index contributed by atoms with van der Waals surface area (Å²) in [6.45, 7) is -0.647. The lowest BCUT2D eigenvalue weighted by atomic mass is 10.3. The Kier molecular flexibility index (Phi) is 5.69. The number of nitrogens with one attached hydrogen (secondary N) is 1.